The lowest BCUT2D eigenvalue weighted by Crippen LogP contribution is -2.30. The highest BCUT2D eigenvalue weighted by Gasteiger charge is 2.18. The number of thiophene rings is 1. The molecule has 1 rings (SSSR count). The molecule has 0 aliphatic heterocycles. The van der Waals surface area contributed by atoms with Crippen molar-refractivity contribution in [2.24, 2.45) is 5.41 Å². The zero-order chi connectivity index (χ0) is 12.9. The van der Waals surface area contributed by atoms with Crippen LogP contribution < -0.4 is 5.32 Å². The Balaban J connectivity index is 2.40. The summed E-state index contributed by atoms with van der Waals surface area (Å²) in [6.45, 7) is 8.91. The molecule has 0 amide bonds. The summed E-state index contributed by atoms with van der Waals surface area (Å²) in [7, 11) is 0. The monoisotopic (exact) mass is 293 g/mol. The molecule has 0 saturated carbocycles. The van der Waals surface area contributed by atoms with E-state index in [0.29, 0.717) is 5.41 Å². The van der Waals surface area contributed by atoms with Crippen LogP contribution in [0.1, 0.15) is 39.2 Å². The van der Waals surface area contributed by atoms with Crippen molar-refractivity contribution in [1.29, 1.82) is 0 Å². The fourth-order valence-corrected chi connectivity index (χ4v) is 3.25. The van der Waals surface area contributed by atoms with Crippen LogP contribution in [0, 0.1) is 5.41 Å². The fraction of sp³-hybridized carbons (Fsp3) is 0.692. The van der Waals surface area contributed by atoms with E-state index < -0.39 is 0 Å². The zero-order valence-electron chi connectivity index (χ0n) is 10.8. The van der Waals surface area contributed by atoms with E-state index in [1.165, 1.54) is 23.3 Å². The summed E-state index contributed by atoms with van der Waals surface area (Å²) in [4.78, 5) is 0. The summed E-state index contributed by atoms with van der Waals surface area (Å²) in [5.74, 6) is 0. The Labute approximate surface area is 119 Å². The first-order chi connectivity index (χ1) is 7.94. The van der Waals surface area contributed by atoms with E-state index in [1.54, 1.807) is 0 Å². The van der Waals surface area contributed by atoms with Crippen molar-refractivity contribution in [2.75, 3.05) is 13.1 Å². The van der Waals surface area contributed by atoms with E-state index in [0.717, 1.165) is 34.6 Å². The number of aryl methyl sites for hydroxylation is 1. The van der Waals surface area contributed by atoms with Crippen molar-refractivity contribution >= 4 is 34.5 Å². The summed E-state index contributed by atoms with van der Waals surface area (Å²) >= 11 is 13.5. The van der Waals surface area contributed by atoms with Crippen LogP contribution in [0.3, 0.4) is 0 Å². The maximum absolute atomic E-state index is 6.12. The maximum atomic E-state index is 6.12. The molecule has 0 radical (unpaired) electrons. The van der Waals surface area contributed by atoms with Crippen LogP contribution in [0.4, 0.5) is 0 Å². The minimum atomic E-state index is 0.299. The molecule has 0 aliphatic carbocycles. The van der Waals surface area contributed by atoms with Gasteiger partial charge in [0.1, 0.15) is 0 Å². The van der Waals surface area contributed by atoms with E-state index in [1.807, 2.05) is 6.07 Å². The number of rotatable bonds is 7. The van der Waals surface area contributed by atoms with E-state index in [-0.39, 0.29) is 0 Å². The van der Waals surface area contributed by atoms with Gasteiger partial charge in [-0.3, -0.25) is 0 Å². The van der Waals surface area contributed by atoms with Gasteiger partial charge in [0, 0.05) is 6.54 Å². The number of hydrogen-bond donors (Lipinski definition) is 1. The van der Waals surface area contributed by atoms with Crippen molar-refractivity contribution in [2.45, 2.75) is 40.0 Å². The molecule has 0 bridgehead atoms. The lowest BCUT2D eigenvalue weighted by atomic mass is 9.86. The molecule has 0 aromatic carbocycles. The van der Waals surface area contributed by atoms with Gasteiger partial charge in [0.25, 0.3) is 0 Å². The average Bonchev–Trinajstić information content (AvgIpc) is 2.55. The van der Waals surface area contributed by atoms with Crippen LogP contribution in [-0.2, 0) is 6.42 Å². The molecule has 1 aromatic rings. The summed E-state index contributed by atoms with van der Waals surface area (Å²) in [6.07, 6.45) is 3.31. The number of halogens is 2. The molecule has 1 nitrogen and oxygen atoms in total. The number of hydrogen-bond acceptors (Lipinski definition) is 2. The van der Waals surface area contributed by atoms with Crippen molar-refractivity contribution in [3.63, 3.8) is 0 Å². The van der Waals surface area contributed by atoms with Crippen molar-refractivity contribution in [1.82, 2.24) is 5.32 Å². The lowest BCUT2D eigenvalue weighted by molar-refractivity contribution is 0.315. The lowest BCUT2D eigenvalue weighted by Gasteiger charge is -2.25. The summed E-state index contributed by atoms with van der Waals surface area (Å²) < 4.78 is 1.62. The molecule has 0 atom stereocenters. The average molecular weight is 294 g/mol. The second kappa shape index (κ2) is 6.98. The second-order valence-corrected chi connectivity index (χ2v) is 7.48. The van der Waals surface area contributed by atoms with Gasteiger partial charge < -0.3 is 5.32 Å². The van der Waals surface area contributed by atoms with Crippen LogP contribution >= 0.6 is 34.5 Å². The summed E-state index contributed by atoms with van der Waals surface area (Å²) in [5.41, 5.74) is 1.48. The third-order valence-electron chi connectivity index (χ3n) is 2.83. The minimum Gasteiger partial charge on any atom is -0.316 e. The topological polar surface area (TPSA) is 12.0 Å². The van der Waals surface area contributed by atoms with Crippen LogP contribution in [0.25, 0.3) is 0 Å². The van der Waals surface area contributed by atoms with Crippen LogP contribution in [0.5, 0.6) is 0 Å². The molecular weight excluding hydrogens is 273 g/mol. The molecule has 1 aromatic heterocycles. The van der Waals surface area contributed by atoms with Crippen LogP contribution in [0.15, 0.2) is 6.07 Å². The Kier molecular flexibility index (Phi) is 6.28. The van der Waals surface area contributed by atoms with Gasteiger partial charge in [-0.1, -0.05) is 44.0 Å². The van der Waals surface area contributed by atoms with E-state index >= 15 is 0 Å². The first kappa shape index (κ1) is 15.3. The third-order valence-corrected chi connectivity index (χ3v) is 4.40. The summed E-state index contributed by atoms with van der Waals surface area (Å²) in [5, 5.41) is 3.47. The maximum Gasteiger partial charge on any atom is 0.0976 e. The Bertz CT molecular complexity index is 347. The molecule has 1 N–H and O–H groups in total. The Morgan fingerprint density at radius 2 is 2.06 bits per heavy atom. The molecule has 0 aliphatic rings. The second-order valence-electron chi connectivity index (χ2n) is 5.19. The Morgan fingerprint density at radius 1 is 1.35 bits per heavy atom. The minimum absolute atomic E-state index is 0.299. The van der Waals surface area contributed by atoms with Gasteiger partial charge in [0.2, 0.25) is 0 Å². The first-order valence-electron chi connectivity index (χ1n) is 6.09. The van der Waals surface area contributed by atoms with Gasteiger partial charge >= 0.3 is 0 Å². The van der Waals surface area contributed by atoms with Crippen molar-refractivity contribution in [3.05, 3.63) is 20.3 Å². The predicted molar refractivity (Wildman–Crippen MR) is 79.6 cm³/mol. The predicted octanol–water partition coefficient (Wildman–Crippen LogP) is 5.01. The first-order valence-corrected chi connectivity index (χ1v) is 7.66. The summed E-state index contributed by atoms with van der Waals surface area (Å²) in [6, 6.07) is 1.99. The highest BCUT2D eigenvalue weighted by atomic mass is 35.5. The smallest absolute Gasteiger partial charge is 0.0976 e. The van der Waals surface area contributed by atoms with Crippen molar-refractivity contribution in [3.8, 4) is 0 Å². The molecular formula is C13H21Cl2NS. The van der Waals surface area contributed by atoms with Gasteiger partial charge in [-0.2, -0.15) is 0 Å². The van der Waals surface area contributed by atoms with Gasteiger partial charge in [-0.15, -0.1) is 11.3 Å². The van der Waals surface area contributed by atoms with Gasteiger partial charge in [0.15, 0.2) is 0 Å². The molecule has 0 unspecified atom stereocenters. The van der Waals surface area contributed by atoms with E-state index in [2.05, 4.69) is 26.1 Å². The van der Waals surface area contributed by atoms with E-state index in [4.69, 9.17) is 23.2 Å². The molecule has 98 valence electrons. The quantitative estimate of drug-likeness (QED) is 0.697. The van der Waals surface area contributed by atoms with Gasteiger partial charge in [-0.25, -0.2) is 0 Å². The standard InChI is InChI=1S/C13H21Cl2NS/c1-4-7-16-9-13(2,3)6-5-10-8-11(14)17-12(10)15/h8,16H,4-7,9H2,1-3H3. The molecule has 4 heteroatoms. The SMILES string of the molecule is CCCNCC(C)(C)CCc1cc(Cl)sc1Cl. The normalized spacial score (nSPS) is 12.1. The highest BCUT2D eigenvalue weighted by molar-refractivity contribution is 7.20. The highest BCUT2D eigenvalue weighted by Crippen LogP contribution is 2.33. The molecule has 1 heterocycles. The third kappa shape index (κ3) is 5.60. The Hall–Kier alpha value is 0.240. The van der Waals surface area contributed by atoms with Crippen LogP contribution in [-0.4, -0.2) is 13.1 Å². The molecule has 17 heavy (non-hydrogen) atoms. The largest absolute Gasteiger partial charge is 0.316 e. The van der Waals surface area contributed by atoms with Gasteiger partial charge in [-0.05, 0) is 42.9 Å². The van der Waals surface area contributed by atoms with Crippen LogP contribution in [0.2, 0.25) is 8.67 Å². The Morgan fingerprint density at radius 3 is 2.59 bits per heavy atom. The fourth-order valence-electron chi connectivity index (χ4n) is 1.71. The number of nitrogens with one attached hydrogen (secondary N) is 1. The van der Waals surface area contributed by atoms with E-state index in [9.17, 15) is 0 Å². The molecule has 0 spiro atoms. The van der Waals surface area contributed by atoms with Gasteiger partial charge in [0.05, 0.1) is 8.67 Å². The molecule has 0 saturated heterocycles. The molecule has 0 fully saturated rings. The zero-order valence-corrected chi connectivity index (χ0v) is 13.1. The van der Waals surface area contributed by atoms with Crippen molar-refractivity contribution < 1.29 is 0 Å².